The van der Waals surface area contributed by atoms with Crippen LogP contribution in [0.5, 0.6) is 0 Å². The highest BCUT2D eigenvalue weighted by atomic mass is 19.1. The first-order valence-electron chi connectivity index (χ1n) is 5.96. The zero-order chi connectivity index (χ0) is 11.7. The van der Waals surface area contributed by atoms with Crippen LogP contribution in [0.4, 0.5) is 10.1 Å². The fourth-order valence-electron chi connectivity index (χ4n) is 2.32. The van der Waals surface area contributed by atoms with Crippen molar-refractivity contribution in [2.24, 2.45) is 0 Å². The lowest BCUT2D eigenvalue weighted by atomic mass is 9.97. The molecule has 0 fully saturated rings. The van der Waals surface area contributed by atoms with Gasteiger partial charge in [-0.2, -0.15) is 0 Å². The first kappa shape index (κ1) is 10.3. The van der Waals surface area contributed by atoms with Crippen LogP contribution in [-0.2, 0) is 6.42 Å². The maximum atomic E-state index is 13.2. The summed E-state index contributed by atoms with van der Waals surface area (Å²) >= 11 is 0. The molecule has 2 aromatic rings. The number of benzene rings is 2. The van der Waals surface area contributed by atoms with E-state index in [-0.39, 0.29) is 5.82 Å². The molecule has 86 valence electrons. The first-order valence-corrected chi connectivity index (χ1v) is 5.96. The van der Waals surface area contributed by atoms with Gasteiger partial charge in [0.15, 0.2) is 0 Å². The van der Waals surface area contributed by atoms with Crippen LogP contribution in [0.1, 0.15) is 12.0 Å². The molecule has 1 N–H and O–H groups in total. The third kappa shape index (κ3) is 2.03. The Kier molecular flexibility index (Phi) is 2.56. The SMILES string of the molecule is Fc1cccc(-c2ccc3c(c2)CCCN3)c1. The average molecular weight is 227 g/mol. The molecular weight excluding hydrogens is 213 g/mol. The second-order valence-electron chi connectivity index (χ2n) is 4.41. The van der Waals surface area contributed by atoms with Crippen molar-refractivity contribution < 1.29 is 4.39 Å². The Morgan fingerprint density at radius 2 is 1.88 bits per heavy atom. The molecule has 1 heterocycles. The maximum Gasteiger partial charge on any atom is 0.123 e. The van der Waals surface area contributed by atoms with Gasteiger partial charge in [-0.3, -0.25) is 0 Å². The van der Waals surface area contributed by atoms with Crippen LogP contribution in [0, 0.1) is 5.82 Å². The van der Waals surface area contributed by atoms with E-state index >= 15 is 0 Å². The van der Waals surface area contributed by atoms with Crippen LogP contribution in [-0.4, -0.2) is 6.54 Å². The second kappa shape index (κ2) is 4.21. The fourth-order valence-corrected chi connectivity index (χ4v) is 2.32. The normalized spacial score (nSPS) is 13.9. The molecule has 17 heavy (non-hydrogen) atoms. The Balaban J connectivity index is 2.04. The quantitative estimate of drug-likeness (QED) is 0.780. The number of anilines is 1. The zero-order valence-electron chi connectivity index (χ0n) is 9.54. The molecule has 0 unspecified atom stereocenters. The van der Waals surface area contributed by atoms with Gasteiger partial charge in [-0.05, 0) is 53.8 Å². The van der Waals surface area contributed by atoms with Gasteiger partial charge >= 0.3 is 0 Å². The van der Waals surface area contributed by atoms with Crippen molar-refractivity contribution in [3.63, 3.8) is 0 Å². The van der Waals surface area contributed by atoms with Gasteiger partial charge in [0.05, 0.1) is 0 Å². The summed E-state index contributed by atoms with van der Waals surface area (Å²) in [6.07, 6.45) is 2.27. The molecule has 1 aliphatic heterocycles. The molecule has 0 radical (unpaired) electrons. The van der Waals surface area contributed by atoms with Gasteiger partial charge in [0, 0.05) is 12.2 Å². The van der Waals surface area contributed by atoms with Crippen molar-refractivity contribution in [2.75, 3.05) is 11.9 Å². The Morgan fingerprint density at radius 1 is 1.00 bits per heavy atom. The van der Waals surface area contributed by atoms with E-state index in [1.165, 1.54) is 23.7 Å². The number of hydrogen-bond acceptors (Lipinski definition) is 1. The first-order chi connectivity index (χ1) is 8.33. The predicted octanol–water partition coefficient (Wildman–Crippen LogP) is 3.85. The Hall–Kier alpha value is -1.83. The minimum atomic E-state index is -0.182. The molecule has 1 nitrogen and oxygen atoms in total. The summed E-state index contributed by atoms with van der Waals surface area (Å²) < 4.78 is 13.2. The summed E-state index contributed by atoms with van der Waals surface area (Å²) in [4.78, 5) is 0. The second-order valence-corrected chi connectivity index (χ2v) is 4.41. The molecule has 1 aliphatic rings. The van der Waals surface area contributed by atoms with E-state index in [9.17, 15) is 4.39 Å². The molecule has 0 aliphatic carbocycles. The summed E-state index contributed by atoms with van der Waals surface area (Å²) in [5.74, 6) is -0.182. The van der Waals surface area contributed by atoms with Crippen LogP contribution >= 0.6 is 0 Å². The van der Waals surface area contributed by atoms with E-state index in [4.69, 9.17) is 0 Å². The van der Waals surface area contributed by atoms with Crippen molar-refractivity contribution in [2.45, 2.75) is 12.8 Å². The Morgan fingerprint density at radius 3 is 2.76 bits per heavy atom. The molecule has 3 rings (SSSR count). The molecule has 0 saturated carbocycles. The van der Waals surface area contributed by atoms with Crippen LogP contribution in [0.3, 0.4) is 0 Å². The molecule has 0 spiro atoms. The highest BCUT2D eigenvalue weighted by molar-refractivity contribution is 5.69. The maximum absolute atomic E-state index is 13.2. The average Bonchev–Trinajstić information content (AvgIpc) is 2.38. The van der Waals surface area contributed by atoms with E-state index in [0.717, 1.165) is 24.1 Å². The van der Waals surface area contributed by atoms with Gasteiger partial charge in [0.25, 0.3) is 0 Å². The van der Waals surface area contributed by atoms with Gasteiger partial charge in [-0.1, -0.05) is 18.2 Å². The van der Waals surface area contributed by atoms with Crippen molar-refractivity contribution >= 4 is 5.69 Å². The van der Waals surface area contributed by atoms with Gasteiger partial charge < -0.3 is 5.32 Å². The van der Waals surface area contributed by atoms with Crippen molar-refractivity contribution in [3.8, 4) is 11.1 Å². The number of hydrogen-bond donors (Lipinski definition) is 1. The van der Waals surface area contributed by atoms with Gasteiger partial charge in [0.1, 0.15) is 5.82 Å². The highest BCUT2D eigenvalue weighted by Crippen LogP contribution is 2.28. The van der Waals surface area contributed by atoms with Crippen LogP contribution in [0.25, 0.3) is 11.1 Å². The fraction of sp³-hybridized carbons (Fsp3) is 0.200. The van der Waals surface area contributed by atoms with E-state index in [2.05, 4.69) is 17.4 Å². The van der Waals surface area contributed by atoms with Crippen molar-refractivity contribution in [1.82, 2.24) is 0 Å². The molecule has 2 heteroatoms. The third-order valence-corrected chi connectivity index (χ3v) is 3.20. The largest absolute Gasteiger partial charge is 0.385 e. The summed E-state index contributed by atoms with van der Waals surface area (Å²) in [6, 6.07) is 13.1. The van der Waals surface area contributed by atoms with E-state index in [0.29, 0.717) is 0 Å². The van der Waals surface area contributed by atoms with Crippen LogP contribution in [0.15, 0.2) is 42.5 Å². The topological polar surface area (TPSA) is 12.0 Å². The lowest BCUT2D eigenvalue weighted by molar-refractivity contribution is 0.628. The van der Waals surface area contributed by atoms with Crippen LogP contribution < -0.4 is 5.32 Å². The van der Waals surface area contributed by atoms with Gasteiger partial charge in [-0.25, -0.2) is 4.39 Å². The summed E-state index contributed by atoms with van der Waals surface area (Å²) in [6.45, 7) is 1.05. The molecule has 0 atom stereocenters. The lowest BCUT2D eigenvalue weighted by Crippen LogP contribution is -2.11. The summed E-state index contributed by atoms with van der Waals surface area (Å²) in [5, 5.41) is 3.38. The standard InChI is InChI=1S/C15H14FN/c16-14-5-1-3-11(10-14)12-6-7-15-13(9-12)4-2-8-17-15/h1,3,5-7,9-10,17H,2,4,8H2. The smallest absolute Gasteiger partial charge is 0.123 e. The Bertz CT molecular complexity index is 548. The molecular formula is C15H14FN. The number of fused-ring (bicyclic) bond motifs is 1. The molecule has 2 aromatic carbocycles. The summed E-state index contributed by atoms with van der Waals surface area (Å²) in [7, 11) is 0. The number of halogens is 1. The number of nitrogens with one attached hydrogen (secondary N) is 1. The monoisotopic (exact) mass is 227 g/mol. The minimum absolute atomic E-state index is 0.182. The predicted molar refractivity (Wildman–Crippen MR) is 68.6 cm³/mol. The van der Waals surface area contributed by atoms with E-state index < -0.39 is 0 Å². The zero-order valence-corrected chi connectivity index (χ0v) is 9.54. The molecule has 0 aromatic heterocycles. The molecule has 0 bridgehead atoms. The summed E-state index contributed by atoms with van der Waals surface area (Å²) in [5.41, 5.74) is 4.58. The van der Waals surface area contributed by atoms with Gasteiger partial charge in [0.2, 0.25) is 0 Å². The molecule has 0 saturated heterocycles. The van der Waals surface area contributed by atoms with Gasteiger partial charge in [-0.15, -0.1) is 0 Å². The number of aryl methyl sites for hydroxylation is 1. The number of rotatable bonds is 1. The van der Waals surface area contributed by atoms with Crippen molar-refractivity contribution in [1.29, 1.82) is 0 Å². The Labute approximate surface area is 100 Å². The van der Waals surface area contributed by atoms with Crippen molar-refractivity contribution in [3.05, 3.63) is 53.8 Å². The third-order valence-electron chi connectivity index (χ3n) is 3.20. The molecule has 0 amide bonds. The lowest BCUT2D eigenvalue weighted by Gasteiger charge is -2.18. The van der Waals surface area contributed by atoms with Crippen LogP contribution in [0.2, 0.25) is 0 Å². The van der Waals surface area contributed by atoms with E-state index in [1.807, 2.05) is 12.1 Å². The van der Waals surface area contributed by atoms with E-state index in [1.54, 1.807) is 12.1 Å². The highest BCUT2D eigenvalue weighted by Gasteiger charge is 2.09. The minimum Gasteiger partial charge on any atom is -0.385 e.